The molecule has 1 aliphatic rings. The van der Waals surface area contributed by atoms with Crippen LogP contribution in [-0.4, -0.2) is 45.5 Å². The van der Waals surface area contributed by atoms with Gasteiger partial charge in [-0.1, -0.05) is 22.9 Å². The molecule has 4 rings (SSSR count). The summed E-state index contributed by atoms with van der Waals surface area (Å²) in [6, 6.07) is 6.82. The molecule has 1 aliphatic heterocycles. The number of piperidine rings is 1. The lowest BCUT2D eigenvalue weighted by molar-refractivity contribution is -0.125. The second-order valence-corrected chi connectivity index (χ2v) is 9.74. The molecule has 174 valence electrons. The molecule has 1 saturated heterocycles. The highest BCUT2D eigenvalue weighted by Gasteiger charge is 2.28. The van der Waals surface area contributed by atoms with Crippen LogP contribution in [0.15, 0.2) is 35.4 Å². The number of halogens is 1. The molecule has 3 heterocycles. The van der Waals surface area contributed by atoms with Gasteiger partial charge in [-0.3, -0.25) is 19.0 Å². The van der Waals surface area contributed by atoms with Gasteiger partial charge in [0.05, 0.1) is 5.92 Å². The summed E-state index contributed by atoms with van der Waals surface area (Å²) >= 11 is 7.11. The van der Waals surface area contributed by atoms with Gasteiger partial charge >= 0.3 is 0 Å². The number of benzene rings is 1. The molecule has 2 aromatic heterocycles. The first-order valence-corrected chi connectivity index (χ1v) is 12.0. The Bertz CT molecular complexity index is 1220. The zero-order valence-electron chi connectivity index (χ0n) is 18.4. The van der Waals surface area contributed by atoms with E-state index in [-0.39, 0.29) is 35.9 Å². The molecule has 33 heavy (non-hydrogen) atoms. The van der Waals surface area contributed by atoms with E-state index in [0.717, 1.165) is 19.4 Å². The van der Waals surface area contributed by atoms with Crippen molar-refractivity contribution in [2.24, 2.45) is 5.92 Å². The molecular weight excluding hydrogens is 464 g/mol. The van der Waals surface area contributed by atoms with Crippen molar-refractivity contribution in [1.29, 1.82) is 0 Å². The van der Waals surface area contributed by atoms with Crippen LogP contribution in [0, 0.1) is 5.92 Å². The summed E-state index contributed by atoms with van der Waals surface area (Å²) in [7, 11) is 0. The van der Waals surface area contributed by atoms with Crippen molar-refractivity contribution in [3.8, 4) is 0 Å². The summed E-state index contributed by atoms with van der Waals surface area (Å²) in [5.41, 5.74) is 0.622. The fraction of sp³-hybridized carbons (Fsp3) is 0.409. The number of nitrogens with zero attached hydrogens (tertiary/aromatic N) is 4. The minimum absolute atomic E-state index is 0.0444. The van der Waals surface area contributed by atoms with Gasteiger partial charge < -0.3 is 15.5 Å². The SMILES string of the molecule is CC(C)NC(=O)[C@H]1CCCN(c2nc3ncn(CC(=O)Nc4ccc(Cl)cc4)c(=O)c3s2)C1. The van der Waals surface area contributed by atoms with E-state index in [1.807, 2.05) is 18.7 Å². The van der Waals surface area contributed by atoms with Crippen LogP contribution in [0.1, 0.15) is 26.7 Å². The number of anilines is 2. The third-order valence-corrected chi connectivity index (χ3v) is 6.65. The first-order valence-electron chi connectivity index (χ1n) is 10.8. The predicted molar refractivity (Wildman–Crippen MR) is 130 cm³/mol. The monoisotopic (exact) mass is 488 g/mol. The zero-order valence-corrected chi connectivity index (χ0v) is 19.9. The largest absolute Gasteiger partial charge is 0.354 e. The Kier molecular flexibility index (Phi) is 6.94. The maximum Gasteiger partial charge on any atom is 0.273 e. The normalized spacial score (nSPS) is 16.2. The number of nitrogens with one attached hydrogen (secondary N) is 2. The Labute approximate surface area is 199 Å². The van der Waals surface area contributed by atoms with Crippen LogP contribution in [0.4, 0.5) is 10.8 Å². The highest BCUT2D eigenvalue weighted by atomic mass is 35.5. The lowest BCUT2D eigenvalue weighted by Crippen LogP contribution is -2.44. The quantitative estimate of drug-likeness (QED) is 0.552. The second kappa shape index (κ2) is 9.88. The lowest BCUT2D eigenvalue weighted by atomic mass is 9.97. The number of carbonyl (C=O) groups excluding carboxylic acids is 2. The molecule has 9 nitrogen and oxygen atoms in total. The van der Waals surface area contributed by atoms with Crippen molar-refractivity contribution in [2.45, 2.75) is 39.3 Å². The number of carbonyl (C=O) groups is 2. The summed E-state index contributed by atoms with van der Waals surface area (Å²) in [6.45, 7) is 5.04. The molecular formula is C22H25ClN6O3S. The molecule has 2 N–H and O–H groups in total. The van der Waals surface area contributed by atoms with Gasteiger partial charge in [0.15, 0.2) is 10.8 Å². The number of hydrogen-bond donors (Lipinski definition) is 2. The van der Waals surface area contributed by atoms with Crippen LogP contribution < -0.4 is 21.1 Å². The maximum absolute atomic E-state index is 13.0. The summed E-state index contributed by atoms with van der Waals surface area (Å²) in [5, 5.41) is 6.94. The van der Waals surface area contributed by atoms with E-state index in [9.17, 15) is 14.4 Å². The van der Waals surface area contributed by atoms with Crippen LogP contribution in [0.2, 0.25) is 5.02 Å². The number of hydrogen-bond acceptors (Lipinski definition) is 7. The van der Waals surface area contributed by atoms with Crippen LogP contribution in [0.25, 0.3) is 10.3 Å². The van der Waals surface area contributed by atoms with Crippen molar-refractivity contribution in [2.75, 3.05) is 23.3 Å². The van der Waals surface area contributed by atoms with E-state index < -0.39 is 0 Å². The van der Waals surface area contributed by atoms with E-state index in [4.69, 9.17) is 11.6 Å². The van der Waals surface area contributed by atoms with E-state index >= 15 is 0 Å². The third-order valence-electron chi connectivity index (χ3n) is 5.31. The van der Waals surface area contributed by atoms with E-state index in [1.54, 1.807) is 24.3 Å². The molecule has 0 spiro atoms. The van der Waals surface area contributed by atoms with Crippen LogP contribution in [-0.2, 0) is 16.1 Å². The van der Waals surface area contributed by atoms with Crippen molar-refractivity contribution in [3.63, 3.8) is 0 Å². The Morgan fingerprint density at radius 2 is 2.03 bits per heavy atom. The van der Waals surface area contributed by atoms with Gasteiger partial charge in [-0.15, -0.1) is 0 Å². The van der Waals surface area contributed by atoms with Crippen molar-refractivity contribution >= 4 is 55.9 Å². The summed E-state index contributed by atoms with van der Waals surface area (Å²) in [6.07, 6.45) is 3.03. The van der Waals surface area contributed by atoms with E-state index in [1.165, 1.54) is 22.2 Å². The summed E-state index contributed by atoms with van der Waals surface area (Å²) in [4.78, 5) is 48.6. The molecule has 0 aliphatic carbocycles. The fourth-order valence-electron chi connectivity index (χ4n) is 3.74. The number of aromatic nitrogens is 3. The van der Waals surface area contributed by atoms with Gasteiger partial charge in [-0.05, 0) is 51.0 Å². The average Bonchev–Trinajstić information content (AvgIpc) is 3.22. The van der Waals surface area contributed by atoms with Gasteiger partial charge in [-0.25, -0.2) is 4.98 Å². The number of rotatable bonds is 6. The third kappa shape index (κ3) is 5.51. The van der Waals surface area contributed by atoms with Gasteiger partial charge in [0, 0.05) is 29.8 Å². The Morgan fingerprint density at radius 1 is 1.27 bits per heavy atom. The van der Waals surface area contributed by atoms with Gasteiger partial charge in [0.2, 0.25) is 11.8 Å². The fourth-order valence-corrected chi connectivity index (χ4v) is 4.87. The zero-order chi connectivity index (χ0) is 23.5. The smallest absolute Gasteiger partial charge is 0.273 e. The highest BCUT2D eigenvalue weighted by Crippen LogP contribution is 2.29. The van der Waals surface area contributed by atoms with Crippen LogP contribution in [0.3, 0.4) is 0 Å². The molecule has 0 saturated carbocycles. The molecule has 11 heteroatoms. The molecule has 1 fully saturated rings. The molecule has 1 atom stereocenters. The minimum atomic E-state index is -0.347. The first-order chi connectivity index (χ1) is 15.8. The number of amides is 2. The molecule has 0 unspecified atom stereocenters. The van der Waals surface area contributed by atoms with Crippen molar-refractivity contribution in [1.82, 2.24) is 19.9 Å². The maximum atomic E-state index is 13.0. The van der Waals surface area contributed by atoms with E-state index in [0.29, 0.717) is 32.7 Å². The molecule has 0 bridgehead atoms. The summed E-state index contributed by atoms with van der Waals surface area (Å²) < 4.78 is 1.66. The minimum Gasteiger partial charge on any atom is -0.354 e. The summed E-state index contributed by atoms with van der Waals surface area (Å²) in [5.74, 6) is -0.419. The topological polar surface area (TPSA) is 109 Å². The number of thiazole rings is 1. The average molecular weight is 489 g/mol. The van der Waals surface area contributed by atoms with Crippen LogP contribution in [0.5, 0.6) is 0 Å². The van der Waals surface area contributed by atoms with Crippen LogP contribution >= 0.6 is 22.9 Å². The molecule has 1 aromatic carbocycles. The Morgan fingerprint density at radius 3 is 2.76 bits per heavy atom. The molecule has 0 radical (unpaired) electrons. The van der Waals surface area contributed by atoms with Gasteiger partial charge in [-0.2, -0.15) is 4.98 Å². The predicted octanol–water partition coefficient (Wildman–Crippen LogP) is 2.89. The van der Waals surface area contributed by atoms with Gasteiger partial charge in [0.1, 0.15) is 17.6 Å². The lowest BCUT2D eigenvalue weighted by Gasteiger charge is -2.32. The first kappa shape index (κ1) is 23.2. The Balaban J connectivity index is 1.48. The van der Waals surface area contributed by atoms with E-state index in [2.05, 4.69) is 20.6 Å². The molecule has 2 amide bonds. The highest BCUT2D eigenvalue weighted by molar-refractivity contribution is 7.22. The van der Waals surface area contributed by atoms with Crippen molar-refractivity contribution < 1.29 is 9.59 Å². The number of fused-ring (bicyclic) bond motifs is 1. The molecule has 3 aromatic rings. The Hall–Kier alpha value is -2.98. The van der Waals surface area contributed by atoms with Crippen molar-refractivity contribution in [3.05, 3.63) is 46.0 Å². The van der Waals surface area contributed by atoms with Gasteiger partial charge in [0.25, 0.3) is 5.56 Å². The standard InChI is InChI=1S/C22H25ClN6O3S/c1-13(2)25-20(31)14-4-3-9-28(10-14)22-27-19-18(33-22)21(32)29(12-24-19)11-17(30)26-16-7-5-15(23)6-8-16/h5-8,12-14H,3-4,9-11H2,1-2H3,(H,25,31)(H,26,30)/t14-/m0/s1. The second-order valence-electron chi connectivity index (χ2n) is 8.33.